The highest BCUT2D eigenvalue weighted by atomic mass is 16.5. The van der Waals surface area contributed by atoms with Crippen LogP contribution in [0.15, 0.2) is 192 Å². The first kappa shape index (κ1) is 55.4. The highest BCUT2D eigenvalue weighted by Gasteiger charge is 2.37. The quantitative estimate of drug-likeness (QED) is 0.0449. The Morgan fingerprint density at radius 3 is 1.34 bits per heavy atom. The molecule has 420 valence electrons. The molecule has 2 saturated heterocycles. The number of para-hydroxylation sites is 2. The van der Waals surface area contributed by atoms with E-state index in [4.69, 9.17) is 32.8 Å². The third-order valence-corrected chi connectivity index (χ3v) is 17.3. The first-order chi connectivity index (χ1) is 40.5. The lowest BCUT2D eigenvalue weighted by atomic mass is 9.84. The molecule has 0 bridgehead atoms. The van der Waals surface area contributed by atoms with E-state index in [2.05, 4.69) is 195 Å². The predicted molar refractivity (Wildman–Crippen MR) is 335 cm³/mol. The van der Waals surface area contributed by atoms with Crippen LogP contribution in [0.3, 0.4) is 0 Å². The molecule has 0 saturated carbocycles. The Bertz CT molecular complexity index is 3550. The zero-order valence-electron chi connectivity index (χ0n) is 47.8. The maximum atomic E-state index is 6.57. The van der Waals surface area contributed by atoms with Crippen molar-refractivity contribution in [3.8, 4) is 33.4 Å². The predicted octanol–water partition coefficient (Wildman–Crippen LogP) is 18.6. The second-order valence-electron chi connectivity index (χ2n) is 22.9. The minimum atomic E-state index is 0.244. The van der Waals surface area contributed by atoms with E-state index in [-0.39, 0.29) is 10.8 Å². The van der Waals surface area contributed by atoms with Crippen LogP contribution in [-0.4, -0.2) is 66.1 Å². The highest BCUT2D eigenvalue weighted by Crippen LogP contribution is 2.43. The van der Waals surface area contributed by atoms with Crippen molar-refractivity contribution in [3.05, 3.63) is 199 Å². The summed E-state index contributed by atoms with van der Waals surface area (Å²) in [6, 6.07) is 68.2. The van der Waals surface area contributed by atoms with E-state index in [0.29, 0.717) is 13.2 Å². The van der Waals surface area contributed by atoms with Crippen LogP contribution in [0.25, 0.3) is 76.9 Å². The molecule has 3 heterocycles. The van der Waals surface area contributed by atoms with E-state index in [0.717, 1.165) is 179 Å². The Morgan fingerprint density at radius 1 is 0.378 bits per heavy atom. The Hall–Kier alpha value is -7.14. The fourth-order valence-electron chi connectivity index (χ4n) is 12.0. The van der Waals surface area contributed by atoms with Gasteiger partial charge in [0, 0.05) is 70.7 Å². The second kappa shape index (κ2) is 26.0. The summed E-state index contributed by atoms with van der Waals surface area (Å²) < 4.78 is 42.1. The van der Waals surface area contributed by atoms with Gasteiger partial charge in [0.1, 0.15) is 11.2 Å². The fraction of sp³-hybridized carbons (Fsp3) is 0.324. The van der Waals surface area contributed by atoms with Crippen LogP contribution in [0.5, 0.6) is 0 Å². The zero-order valence-corrected chi connectivity index (χ0v) is 47.8. The molecule has 2 aliphatic rings. The largest absolute Gasteiger partial charge is 0.455 e. The molecule has 0 spiro atoms. The molecule has 9 aromatic carbocycles. The molecule has 1 aromatic heterocycles. The van der Waals surface area contributed by atoms with E-state index in [1.807, 2.05) is 12.1 Å². The van der Waals surface area contributed by atoms with Crippen LogP contribution >= 0.6 is 0 Å². The van der Waals surface area contributed by atoms with E-state index in [1.165, 1.54) is 43.8 Å². The minimum Gasteiger partial charge on any atom is -0.455 e. The summed E-state index contributed by atoms with van der Waals surface area (Å²) in [5.74, 6) is 0. The van der Waals surface area contributed by atoms with Gasteiger partial charge < -0.3 is 37.7 Å². The van der Waals surface area contributed by atoms with Crippen LogP contribution in [0.2, 0.25) is 0 Å². The number of hydrogen-bond acceptors (Lipinski definition) is 8. The van der Waals surface area contributed by atoms with Gasteiger partial charge in [0.2, 0.25) is 0 Å². The molecule has 0 unspecified atom stereocenters. The van der Waals surface area contributed by atoms with Gasteiger partial charge in [-0.25, -0.2) is 0 Å². The van der Waals surface area contributed by atoms with Gasteiger partial charge in [0.15, 0.2) is 0 Å². The van der Waals surface area contributed by atoms with Crippen LogP contribution in [0, 0.1) is 10.8 Å². The average molecular weight is 1090 g/mol. The maximum absolute atomic E-state index is 6.57. The molecule has 0 aliphatic carbocycles. The van der Waals surface area contributed by atoms with Gasteiger partial charge in [-0.15, -0.1) is 0 Å². The lowest BCUT2D eigenvalue weighted by molar-refractivity contribution is -0.150. The fourth-order valence-corrected chi connectivity index (χ4v) is 12.0. The van der Waals surface area contributed by atoms with Crippen molar-refractivity contribution in [2.24, 2.45) is 10.8 Å². The maximum Gasteiger partial charge on any atom is 0.143 e. The standard InChI is InChI=1S/C74H77NO7/c1-3-73(50-80-51-73)48-78-43-15-5-13-41-76-46-57-33-39-64(67-23-9-7-21-62(57)67)54-29-35-59(36-30-54)75(61-20-17-19-56(45-61)66-26-18-27-70-69-25-11-12-28-71(69)82-72(66)70)60-37-31-55(32-38-60)65-40-34-58(63-22-8-10-24-68(63)65)47-77-42-14-6-16-44-79-49-74(4-2)52-81-53-74/h7-12,17-40,45H,3-6,13-16,41-44,46-53H2,1-2H3. The molecular formula is C74H77NO7. The Balaban J connectivity index is 0.767. The first-order valence-corrected chi connectivity index (χ1v) is 30.0. The van der Waals surface area contributed by atoms with Gasteiger partial charge in [-0.05, 0) is 154 Å². The molecule has 8 heteroatoms. The van der Waals surface area contributed by atoms with E-state index in [9.17, 15) is 0 Å². The molecule has 0 radical (unpaired) electrons. The van der Waals surface area contributed by atoms with E-state index in [1.54, 1.807) is 0 Å². The van der Waals surface area contributed by atoms with Crippen molar-refractivity contribution < 1.29 is 32.8 Å². The summed E-state index contributed by atoms with van der Waals surface area (Å²) >= 11 is 0. The number of benzene rings is 9. The van der Waals surface area contributed by atoms with E-state index >= 15 is 0 Å². The summed E-state index contributed by atoms with van der Waals surface area (Å²) in [5.41, 5.74) is 14.7. The summed E-state index contributed by atoms with van der Waals surface area (Å²) in [7, 11) is 0. The van der Waals surface area contributed by atoms with Crippen molar-refractivity contribution in [2.75, 3.05) is 71.0 Å². The van der Waals surface area contributed by atoms with Crippen molar-refractivity contribution in [1.29, 1.82) is 0 Å². The van der Waals surface area contributed by atoms with E-state index < -0.39 is 0 Å². The molecule has 82 heavy (non-hydrogen) atoms. The monoisotopic (exact) mass is 1090 g/mol. The van der Waals surface area contributed by atoms with Gasteiger partial charge in [-0.2, -0.15) is 0 Å². The lowest BCUT2D eigenvalue weighted by Crippen LogP contribution is -2.45. The van der Waals surface area contributed by atoms with Gasteiger partial charge in [-0.1, -0.05) is 159 Å². The molecule has 2 fully saturated rings. The number of fused-ring (bicyclic) bond motifs is 5. The Morgan fingerprint density at radius 2 is 0.841 bits per heavy atom. The molecule has 0 amide bonds. The smallest absolute Gasteiger partial charge is 0.143 e. The number of hydrogen-bond donors (Lipinski definition) is 0. The average Bonchev–Trinajstić information content (AvgIpc) is 3.99. The molecule has 10 aromatic rings. The number of anilines is 3. The van der Waals surface area contributed by atoms with Crippen LogP contribution in [0.4, 0.5) is 17.1 Å². The van der Waals surface area contributed by atoms with Gasteiger partial charge in [-0.3, -0.25) is 0 Å². The van der Waals surface area contributed by atoms with Crippen molar-refractivity contribution in [2.45, 2.75) is 78.4 Å². The Labute approximate surface area is 483 Å². The van der Waals surface area contributed by atoms with Crippen LogP contribution < -0.4 is 4.90 Å². The topological polar surface area (TPSA) is 71.8 Å². The third kappa shape index (κ3) is 12.2. The summed E-state index contributed by atoms with van der Waals surface area (Å²) in [6.45, 7) is 13.6. The van der Waals surface area contributed by atoms with Gasteiger partial charge in [0.25, 0.3) is 0 Å². The number of rotatable bonds is 28. The first-order valence-electron chi connectivity index (χ1n) is 30.0. The number of nitrogens with zero attached hydrogens (tertiary/aromatic N) is 1. The number of ether oxygens (including phenoxy) is 6. The molecule has 0 N–H and O–H groups in total. The van der Waals surface area contributed by atoms with Crippen molar-refractivity contribution in [1.82, 2.24) is 0 Å². The van der Waals surface area contributed by atoms with Gasteiger partial charge >= 0.3 is 0 Å². The molecule has 12 rings (SSSR count). The van der Waals surface area contributed by atoms with Gasteiger partial charge in [0.05, 0.1) is 52.9 Å². The highest BCUT2D eigenvalue weighted by molar-refractivity contribution is 6.10. The molecular weight excluding hydrogens is 1010 g/mol. The summed E-state index contributed by atoms with van der Waals surface area (Å²) in [5, 5.41) is 7.12. The molecule has 2 aliphatic heterocycles. The third-order valence-electron chi connectivity index (χ3n) is 17.3. The molecule has 8 nitrogen and oxygen atoms in total. The Kier molecular flexibility index (Phi) is 17.5. The zero-order chi connectivity index (χ0) is 55.6. The summed E-state index contributed by atoms with van der Waals surface area (Å²) in [4.78, 5) is 2.37. The summed E-state index contributed by atoms with van der Waals surface area (Å²) in [6.07, 6.45) is 8.56. The minimum absolute atomic E-state index is 0.244. The van der Waals surface area contributed by atoms with Crippen LogP contribution in [-0.2, 0) is 41.6 Å². The SMILES string of the molecule is CCC1(COCCCCCOCc2ccc(-c3ccc(N(c4ccc(-c5ccc(COCCCCCOCC6(CC)COC6)c6ccccc56)cc4)c4cccc(-c5cccc6c5oc5ccccc56)c4)cc3)c3ccccc23)COC1. The second-order valence-corrected chi connectivity index (χ2v) is 22.9. The lowest BCUT2D eigenvalue weighted by Gasteiger charge is -2.40. The van der Waals surface area contributed by atoms with Crippen molar-refractivity contribution in [3.63, 3.8) is 0 Å². The van der Waals surface area contributed by atoms with Crippen LogP contribution in [0.1, 0.15) is 76.3 Å². The number of furan rings is 1. The normalized spacial score (nSPS) is 14.6. The van der Waals surface area contributed by atoms with Crippen molar-refractivity contribution >= 4 is 60.5 Å². The molecule has 0 atom stereocenters. The number of unbranched alkanes of at least 4 members (excludes halogenated alkanes) is 4.